The first-order valence-electron chi connectivity index (χ1n) is 8.42. The minimum atomic E-state index is 0. The average molecular weight is 434 g/mol. The molecule has 0 bridgehead atoms. The van der Waals surface area contributed by atoms with Crippen molar-refractivity contribution >= 4 is 29.9 Å². The first-order chi connectivity index (χ1) is 10.6. The van der Waals surface area contributed by atoms with Gasteiger partial charge in [0, 0.05) is 20.1 Å². The van der Waals surface area contributed by atoms with Crippen LogP contribution in [-0.2, 0) is 13.6 Å². The lowest BCUT2D eigenvalue weighted by Gasteiger charge is -2.32. The van der Waals surface area contributed by atoms with Gasteiger partial charge in [-0.05, 0) is 18.8 Å². The summed E-state index contributed by atoms with van der Waals surface area (Å²) in [6.07, 6.45) is 8.50. The summed E-state index contributed by atoms with van der Waals surface area (Å²) in [5.41, 5.74) is 0. The van der Waals surface area contributed by atoms with Gasteiger partial charge in [-0.3, -0.25) is 9.67 Å². The van der Waals surface area contributed by atoms with E-state index >= 15 is 0 Å². The third-order valence-electron chi connectivity index (χ3n) is 4.99. The van der Waals surface area contributed by atoms with E-state index in [0.29, 0.717) is 18.5 Å². The van der Waals surface area contributed by atoms with Crippen molar-refractivity contribution in [1.29, 1.82) is 0 Å². The van der Waals surface area contributed by atoms with Gasteiger partial charge in [0.15, 0.2) is 5.96 Å². The zero-order valence-corrected chi connectivity index (χ0v) is 17.1. The first kappa shape index (κ1) is 20.2. The Balaban J connectivity index is 0.00000264. The van der Waals surface area contributed by atoms with Crippen molar-refractivity contribution in [1.82, 2.24) is 25.4 Å². The highest BCUT2D eigenvalue weighted by Crippen LogP contribution is 2.31. The number of hydrogen-bond acceptors (Lipinski definition) is 3. The fourth-order valence-electron chi connectivity index (χ4n) is 3.25. The monoisotopic (exact) mass is 434 g/mol. The van der Waals surface area contributed by atoms with Gasteiger partial charge in [0.25, 0.3) is 0 Å². The van der Waals surface area contributed by atoms with Crippen LogP contribution in [0.2, 0.25) is 0 Å². The minimum Gasteiger partial charge on any atom is -0.354 e. The van der Waals surface area contributed by atoms with E-state index in [2.05, 4.69) is 39.6 Å². The Kier molecular flexibility index (Phi) is 8.86. The molecule has 2 rings (SSSR count). The summed E-state index contributed by atoms with van der Waals surface area (Å²) in [4.78, 5) is 8.54. The highest BCUT2D eigenvalue weighted by atomic mass is 127. The highest BCUT2D eigenvalue weighted by Gasteiger charge is 2.24. The van der Waals surface area contributed by atoms with Gasteiger partial charge in [-0.1, -0.05) is 39.0 Å². The van der Waals surface area contributed by atoms with Crippen LogP contribution in [0.5, 0.6) is 0 Å². The van der Waals surface area contributed by atoms with E-state index in [1.807, 2.05) is 14.1 Å². The molecule has 1 saturated carbocycles. The number of hydrogen-bond donors (Lipinski definition) is 2. The predicted molar refractivity (Wildman–Crippen MR) is 105 cm³/mol. The molecular formula is C16H31IN6. The quantitative estimate of drug-likeness (QED) is 0.425. The molecule has 1 aromatic heterocycles. The van der Waals surface area contributed by atoms with E-state index in [-0.39, 0.29) is 24.0 Å². The van der Waals surface area contributed by atoms with Gasteiger partial charge >= 0.3 is 0 Å². The molecule has 1 aliphatic carbocycles. The zero-order chi connectivity index (χ0) is 15.9. The normalized spacial score (nSPS) is 18.9. The summed E-state index contributed by atoms with van der Waals surface area (Å²) in [6, 6.07) is 0.411. The topological polar surface area (TPSA) is 67.1 Å². The highest BCUT2D eigenvalue weighted by molar-refractivity contribution is 14.0. The lowest BCUT2D eigenvalue weighted by atomic mass is 9.78. The van der Waals surface area contributed by atoms with Crippen molar-refractivity contribution in [2.45, 2.75) is 58.5 Å². The van der Waals surface area contributed by atoms with Crippen LogP contribution in [0.1, 0.15) is 51.8 Å². The maximum atomic E-state index is 4.32. The standard InChI is InChI=1S/C16H30N6.HI/c1-12(14-8-6-5-7-9-14)13(2)21-16(17-3)18-10-15-19-11-20-22(15)4;/h11-14H,5-10H2,1-4H3,(H2,17,18,21);1H. The molecule has 0 saturated heterocycles. The van der Waals surface area contributed by atoms with E-state index in [0.717, 1.165) is 17.7 Å². The number of aryl methyl sites for hydroxylation is 1. The van der Waals surface area contributed by atoms with Gasteiger partial charge in [0.2, 0.25) is 0 Å². The summed E-state index contributed by atoms with van der Waals surface area (Å²) in [7, 11) is 3.71. The summed E-state index contributed by atoms with van der Waals surface area (Å²) in [5, 5.41) is 10.9. The molecule has 2 N–H and O–H groups in total. The van der Waals surface area contributed by atoms with E-state index in [1.165, 1.54) is 32.1 Å². The summed E-state index contributed by atoms with van der Waals surface area (Å²) in [6.45, 7) is 5.25. The number of aliphatic imine (C=N–C) groups is 1. The van der Waals surface area contributed by atoms with E-state index in [1.54, 1.807) is 11.0 Å². The molecular weight excluding hydrogens is 403 g/mol. The van der Waals surface area contributed by atoms with Crippen LogP contribution in [0.15, 0.2) is 11.3 Å². The Hall–Kier alpha value is -0.860. The molecule has 132 valence electrons. The van der Waals surface area contributed by atoms with Gasteiger partial charge in [-0.25, -0.2) is 4.98 Å². The Bertz CT molecular complexity index is 481. The van der Waals surface area contributed by atoms with Crippen molar-refractivity contribution in [2.24, 2.45) is 23.9 Å². The first-order valence-corrected chi connectivity index (χ1v) is 8.42. The molecule has 0 amide bonds. The molecule has 1 aliphatic rings. The summed E-state index contributed by atoms with van der Waals surface area (Å²) < 4.78 is 1.77. The van der Waals surface area contributed by atoms with E-state index in [9.17, 15) is 0 Å². The molecule has 2 atom stereocenters. The molecule has 6 nitrogen and oxygen atoms in total. The fourth-order valence-corrected chi connectivity index (χ4v) is 3.25. The van der Waals surface area contributed by atoms with E-state index in [4.69, 9.17) is 0 Å². The summed E-state index contributed by atoms with van der Waals surface area (Å²) >= 11 is 0. The molecule has 0 aromatic carbocycles. The summed E-state index contributed by atoms with van der Waals surface area (Å²) in [5.74, 6) is 3.23. The second-order valence-electron chi connectivity index (χ2n) is 6.42. The molecule has 1 aromatic rings. The maximum Gasteiger partial charge on any atom is 0.191 e. The molecule has 0 radical (unpaired) electrons. The zero-order valence-electron chi connectivity index (χ0n) is 14.7. The lowest BCUT2D eigenvalue weighted by molar-refractivity contribution is 0.229. The molecule has 7 heteroatoms. The Morgan fingerprint density at radius 1 is 1.35 bits per heavy atom. The second kappa shape index (κ2) is 10.1. The molecule has 2 unspecified atom stereocenters. The lowest BCUT2D eigenvalue weighted by Crippen LogP contribution is -2.46. The molecule has 0 spiro atoms. The fraction of sp³-hybridized carbons (Fsp3) is 0.812. The number of halogens is 1. The van der Waals surface area contributed by atoms with Crippen LogP contribution in [0.25, 0.3) is 0 Å². The van der Waals surface area contributed by atoms with Gasteiger partial charge in [0.1, 0.15) is 12.2 Å². The molecule has 23 heavy (non-hydrogen) atoms. The Morgan fingerprint density at radius 3 is 2.61 bits per heavy atom. The molecule has 1 fully saturated rings. The smallest absolute Gasteiger partial charge is 0.191 e. The van der Waals surface area contributed by atoms with Crippen molar-refractivity contribution in [2.75, 3.05) is 7.05 Å². The van der Waals surface area contributed by atoms with Crippen LogP contribution in [0, 0.1) is 11.8 Å². The number of rotatable bonds is 5. The van der Waals surface area contributed by atoms with Crippen LogP contribution < -0.4 is 10.6 Å². The van der Waals surface area contributed by atoms with Crippen LogP contribution in [0.3, 0.4) is 0 Å². The largest absolute Gasteiger partial charge is 0.354 e. The predicted octanol–water partition coefficient (Wildman–Crippen LogP) is 2.70. The van der Waals surface area contributed by atoms with Gasteiger partial charge in [-0.2, -0.15) is 5.10 Å². The SMILES string of the molecule is CN=C(NCc1ncnn1C)NC(C)C(C)C1CCCCC1.I. The van der Waals surface area contributed by atoms with Crippen molar-refractivity contribution in [3.8, 4) is 0 Å². The third-order valence-corrected chi connectivity index (χ3v) is 4.99. The van der Waals surface area contributed by atoms with Gasteiger partial charge in [0.05, 0.1) is 6.54 Å². The van der Waals surface area contributed by atoms with Crippen LogP contribution in [0.4, 0.5) is 0 Å². The maximum absolute atomic E-state index is 4.32. The minimum absolute atomic E-state index is 0. The third kappa shape index (κ3) is 5.93. The van der Waals surface area contributed by atoms with Crippen molar-refractivity contribution in [3.63, 3.8) is 0 Å². The van der Waals surface area contributed by atoms with Crippen molar-refractivity contribution < 1.29 is 0 Å². The van der Waals surface area contributed by atoms with E-state index < -0.39 is 0 Å². The number of nitrogens with one attached hydrogen (secondary N) is 2. The molecule has 1 heterocycles. The van der Waals surface area contributed by atoms with Crippen molar-refractivity contribution in [3.05, 3.63) is 12.2 Å². The number of nitrogens with zero attached hydrogens (tertiary/aromatic N) is 4. The Morgan fingerprint density at radius 2 is 2.04 bits per heavy atom. The van der Waals surface area contributed by atoms with Crippen LogP contribution >= 0.6 is 24.0 Å². The van der Waals surface area contributed by atoms with Crippen LogP contribution in [-0.4, -0.2) is 33.8 Å². The molecule has 0 aliphatic heterocycles. The number of aromatic nitrogens is 3. The van der Waals surface area contributed by atoms with Gasteiger partial charge in [-0.15, -0.1) is 24.0 Å². The second-order valence-corrected chi connectivity index (χ2v) is 6.42. The average Bonchev–Trinajstić information content (AvgIpc) is 2.96. The van der Waals surface area contributed by atoms with Gasteiger partial charge < -0.3 is 10.6 Å². The Labute approximate surface area is 157 Å². The number of guanidine groups is 1.